The van der Waals surface area contributed by atoms with Gasteiger partial charge in [0.15, 0.2) is 0 Å². The van der Waals surface area contributed by atoms with E-state index in [-0.39, 0.29) is 17.9 Å². The Hall–Kier alpha value is -2.95. The van der Waals surface area contributed by atoms with Crippen LogP contribution >= 0.6 is 0 Å². The van der Waals surface area contributed by atoms with Crippen LogP contribution in [0.15, 0.2) is 42.5 Å². The number of amides is 3. The molecule has 0 unspecified atom stereocenters. The number of carbonyl (C=O) groups excluding carboxylic acids is 3. The zero-order valence-corrected chi connectivity index (χ0v) is 12.0. The molecule has 0 radical (unpaired) electrons. The molecular formula is C17H14N2O3. The van der Waals surface area contributed by atoms with Crippen molar-refractivity contribution in [3.8, 4) is 0 Å². The van der Waals surface area contributed by atoms with Gasteiger partial charge in [-0.1, -0.05) is 29.8 Å². The summed E-state index contributed by atoms with van der Waals surface area (Å²) in [5.41, 5.74) is 3.18. The third-order valence-corrected chi connectivity index (χ3v) is 3.50. The zero-order valence-electron chi connectivity index (χ0n) is 12.0. The maximum absolute atomic E-state index is 12.0. The first kappa shape index (κ1) is 14.0. The van der Waals surface area contributed by atoms with Crippen LogP contribution in [0.1, 0.15) is 31.8 Å². The highest BCUT2D eigenvalue weighted by Gasteiger charge is 2.26. The Kier molecular flexibility index (Phi) is 3.47. The standard InChI is InChI=1S/C17H14N2O3/c1-10-2-4-11(5-3-10)8-15(20)18-12-6-7-13-14(9-12)17(22)19-16(13)21/h2-7,9H,8H2,1H3,(H,18,20)(H,19,21,22). The van der Waals surface area contributed by atoms with E-state index < -0.39 is 11.8 Å². The Labute approximate surface area is 127 Å². The summed E-state index contributed by atoms with van der Waals surface area (Å²) in [6.45, 7) is 1.99. The van der Waals surface area contributed by atoms with Crippen LogP contribution in [0.2, 0.25) is 0 Å². The van der Waals surface area contributed by atoms with Crippen LogP contribution in [-0.2, 0) is 11.2 Å². The molecule has 0 aromatic heterocycles. The minimum absolute atomic E-state index is 0.173. The summed E-state index contributed by atoms with van der Waals surface area (Å²) in [5.74, 6) is -1.01. The lowest BCUT2D eigenvalue weighted by Gasteiger charge is -2.06. The molecule has 0 aliphatic carbocycles. The van der Waals surface area contributed by atoms with Gasteiger partial charge in [-0.15, -0.1) is 0 Å². The van der Waals surface area contributed by atoms with E-state index in [0.29, 0.717) is 11.3 Å². The van der Waals surface area contributed by atoms with Gasteiger partial charge in [0.2, 0.25) is 5.91 Å². The molecule has 3 rings (SSSR count). The van der Waals surface area contributed by atoms with E-state index >= 15 is 0 Å². The third-order valence-electron chi connectivity index (χ3n) is 3.50. The van der Waals surface area contributed by atoms with Crippen molar-refractivity contribution < 1.29 is 14.4 Å². The van der Waals surface area contributed by atoms with Gasteiger partial charge in [0.1, 0.15) is 0 Å². The Morgan fingerprint density at radius 2 is 1.68 bits per heavy atom. The molecule has 0 saturated heterocycles. The normalized spacial score (nSPS) is 12.8. The first-order valence-electron chi connectivity index (χ1n) is 6.88. The topological polar surface area (TPSA) is 75.3 Å². The summed E-state index contributed by atoms with van der Waals surface area (Å²) >= 11 is 0. The number of carbonyl (C=O) groups is 3. The number of hydrogen-bond donors (Lipinski definition) is 2. The molecule has 1 aliphatic rings. The molecule has 0 atom stereocenters. The highest BCUT2D eigenvalue weighted by molar-refractivity contribution is 6.22. The predicted molar refractivity (Wildman–Crippen MR) is 81.8 cm³/mol. The lowest BCUT2D eigenvalue weighted by atomic mass is 10.1. The highest BCUT2D eigenvalue weighted by atomic mass is 16.2. The molecule has 0 fully saturated rings. The molecule has 110 valence electrons. The number of benzene rings is 2. The fourth-order valence-electron chi connectivity index (χ4n) is 2.34. The van der Waals surface area contributed by atoms with Gasteiger partial charge in [0.25, 0.3) is 11.8 Å². The molecule has 5 heteroatoms. The van der Waals surface area contributed by atoms with Crippen LogP contribution in [0, 0.1) is 6.92 Å². The molecule has 2 N–H and O–H groups in total. The highest BCUT2D eigenvalue weighted by Crippen LogP contribution is 2.20. The van der Waals surface area contributed by atoms with Gasteiger partial charge in [0.05, 0.1) is 17.5 Å². The second-order valence-electron chi connectivity index (χ2n) is 5.25. The van der Waals surface area contributed by atoms with Gasteiger partial charge in [-0.2, -0.15) is 0 Å². The summed E-state index contributed by atoms with van der Waals surface area (Å²) < 4.78 is 0. The van der Waals surface area contributed by atoms with Gasteiger partial charge >= 0.3 is 0 Å². The van der Waals surface area contributed by atoms with Crippen LogP contribution in [0.3, 0.4) is 0 Å². The minimum atomic E-state index is -0.436. The summed E-state index contributed by atoms with van der Waals surface area (Å²) in [7, 11) is 0. The van der Waals surface area contributed by atoms with Crippen LogP contribution in [0.5, 0.6) is 0 Å². The Morgan fingerprint density at radius 1 is 1.00 bits per heavy atom. The SMILES string of the molecule is Cc1ccc(CC(=O)Nc2ccc3c(c2)C(=O)NC3=O)cc1. The molecule has 2 aromatic carbocycles. The van der Waals surface area contributed by atoms with E-state index in [1.165, 1.54) is 12.1 Å². The quantitative estimate of drug-likeness (QED) is 0.851. The molecular weight excluding hydrogens is 280 g/mol. The number of fused-ring (bicyclic) bond motifs is 1. The predicted octanol–water partition coefficient (Wildman–Crippen LogP) is 2.06. The van der Waals surface area contributed by atoms with Crippen molar-refractivity contribution in [2.75, 3.05) is 5.32 Å². The van der Waals surface area contributed by atoms with E-state index in [0.717, 1.165) is 11.1 Å². The van der Waals surface area contributed by atoms with Gasteiger partial charge < -0.3 is 5.32 Å². The van der Waals surface area contributed by atoms with Crippen molar-refractivity contribution in [3.63, 3.8) is 0 Å². The van der Waals surface area contributed by atoms with Crippen molar-refractivity contribution in [1.82, 2.24) is 5.32 Å². The first-order chi connectivity index (χ1) is 10.5. The van der Waals surface area contributed by atoms with Crippen LogP contribution in [0.4, 0.5) is 5.69 Å². The van der Waals surface area contributed by atoms with E-state index in [4.69, 9.17) is 0 Å². The largest absolute Gasteiger partial charge is 0.326 e. The number of hydrogen-bond acceptors (Lipinski definition) is 3. The maximum Gasteiger partial charge on any atom is 0.259 e. The van der Waals surface area contributed by atoms with E-state index in [1.54, 1.807) is 6.07 Å². The average molecular weight is 294 g/mol. The number of aryl methyl sites for hydroxylation is 1. The molecule has 1 aliphatic heterocycles. The van der Waals surface area contributed by atoms with Crippen molar-refractivity contribution >= 4 is 23.4 Å². The molecule has 0 bridgehead atoms. The van der Waals surface area contributed by atoms with Crippen molar-refractivity contribution in [3.05, 3.63) is 64.7 Å². The molecule has 1 heterocycles. The molecule has 0 saturated carbocycles. The van der Waals surface area contributed by atoms with E-state index in [1.807, 2.05) is 31.2 Å². The Morgan fingerprint density at radius 3 is 2.41 bits per heavy atom. The van der Waals surface area contributed by atoms with Gasteiger partial charge in [-0.3, -0.25) is 19.7 Å². The smallest absolute Gasteiger partial charge is 0.259 e. The lowest BCUT2D eigenvalue weighted by molar-refractivity contribution is -0.115. The summed E-state index contributed by atoms with van der Waals surface area (Å²) in [5, 5.41) is 4.96. The van der Waals surface area contributed by atoms with Gasteiger partial charge in [0, 0.05) is 5.69 Å². The third kappa shape index (κ3) is 2.74. The number of anilines is 1. The lowest BCUT2D eigenvalue weighted by Crippen LogP contribution is -2.19. The van der Waals surface area contributed by atoms with Crippen molar-refractivity contribution in [1.29, 1.82) is 0 Å². The summed E-state index contributed by atoms with van der Waals surface area (Å²) in [6, 6.07) is 12.4. The van der Waals surface area contributed by atoms with Crippen LogP contribution < -0.4 is 10.6 Å². The maximum atomic E-state index is 12.0. The fourth-order valence-corrected chi connectivity index (χ4v) is 2.34. The second kappa shape index (κ2) is 5.44. The number of nitrogens with one attached hydrogen (secondary N) is 2. The molecule has 0 spiro atoms. The number of rotatable bonds is 3. The Balaban J connectivity index is 1.72. The molecule has 22 heavy (non-hydrogen) atoms. The average Bonchev–Trinajstić information content (AvgIpc) is 2.76. The van der Waals surface area contributed by atoms with Crippen molar-refractivity contribution in [2.24, 2.45) is 0 Å². The zero-order chi connectivity index (χ0) is 15.7. The molecule has 3 amide bonds. The van der Waals surface area contributed by atoms with Crippen molar-refractivity contribution in [2.45, 2.75) is 13.3 Å². The summed E-state index contributed by atoms with van der Waals surface area (Å²) in [4.78, 5) is 35.1. The van der Waals surface area contributed by atoms with Crippen LogP contribution in [0.25, 0.3) is 0 Å². The Bertz CT molecular complexity index is 779. The number of imide groups is 1. The monoisotopic (exact) mass is 294 g/mol. The molecule has 5 nitrogen and oxygen atoms in total. The van der Waals surface area contributed by atoms with Gasteiger partial charge in [-0.05, 0) is 30.7 Å². The van der Waals surface area contributed by atoms with Crippen LogP contribution in [-0.4, -0.2) is 17.7 Å². The minimum Gasteiger partial charge on any atom is -0.326 e. The van der Waals surface area contributed by atoms with E-state index in [9.17, 15) is 14.4 Å². The van der Waals surface area contributed by atoms with Gasteiger partial charge in [-0.25, -0.2) is 0 Å². The fraction of sp³-hybridized carbons (Fsp3) is 0.118. The first-order valence-corrected chi connectivity index (χ1v) is 6.88. The molecule has 2 aromatic rings. The van der Waals surface area contributed by atoms with E-state index in [2.05, 4.69) is 10.6 Å². The second-order valence-corrected chi connectivity index (χ2v) is 5.25. The summed E-state index contributed by atoms with van der Waals surface area (Å²) in [6.07, 6.45) is 0.252.